The third kappa shape index (κ3) is 1.65. The van der Waals surface area contributed by atoms with Gasteiger partial charge in [0.05, 0.1) is 0 Å². The van der Waals surface area contributed by atoms with Crippen molar-refractivity contribution in [2.75, 3.05) is 0 Å². The quantitative estimate of drug-likeness (QED) is 0.454. The van der Waals surface area contributed by atoms with E-state index in [0.717, 1.165) is 39.1 Å². The average molecular weight is 352 g/mol. The van der Waals surface area contributed by atoms with E-state index in [9.17, 15) is 0 Å². The minimum Gasteiger partial charge on any atom is -0.455 e. The Morgan fingerprint density at radius 2 is 1.48 bits per heavy atom. The van der Waals surface area contributed by atoms with Gasteiger partial charge in [0.25, 0.3) is 5.95 Å². The summed E-state index contributed by atoms with van der Waals surface area (Å²) in [5.74, 6) is 3.14. The van der Waals surface area contributed by atoms with Crippen molar-refractivity contribution in [1.82, 2.24) is 0 Å². The molecule has 0 fully saturated rings. The van der Waals surface area contributed by atoms with Gasteiger partial charge in [0.2, 0.25) is 13.0 Å². The molecule has 1 aromatic heterocycles. The monoisotopic (exact) mass is 352 g/mol. The smallest absolute Gasteiger partial charge is 0.285 e. The first-order valence-electron chi connectivity index (χ1n) is 9.13. The zero-order chi connectivity index (χ0) is 17.5. The standard InChI is InChI=1S/C22H13BO4/c1-3-8-14-12(6-1)18-21(24-14)26-16-10-5-11-17-20(16)23(18)19-13-7-2-4-9-15(13)25-22(19)27-17/h1-11,18,21H. The molecule has 7 rings (SSSR count). The van der Waals surface area contributed by atoms with Gasteiger partial charge >= 0.3 is 0 Å². The second kappa shape index (κ2) is 4.68. The van der Waals surface area contributed by atoms with Crippen LogP contribution in [-0.2, 0) is 0 Å². The zero-order valence-electron chi connectivity index (χ0n) is 14.2. The molecule has 2 atom stereocenters. The Morgan fingerprint density at radius 3 is 2.48 bits per heavy atom. The Bertz CT molecular complexity index is 1240. The van der Waals surface area contributed by atoms with Crippen LogP contribution < -0.4 is 25.1 Å². The number of rotatable bonds is 0. The Morgan fingerprint density at radius 1 is 0.704 bits per heavy atom. The van der Waals surface area contributed by atoms with Gasteiger partial charge < -0.3 is 18.6 Å². The van der Waals surface area contributed by atoms with Crippen molar-refractivity contribution in [3.8, 4) is 23.2 Å². The summed E-state index contributed by atoms with van der Waals surface area (Å²) in [6.45, 7) is 0.0611. The lowest BCUT2D eigenvalue weighted by Gasteiger charge is -2.35. The summed E-state index contributed by atoms with van der Waals surface area (Å²) in [4.78, 5) is 0. The normalized spacial score (nSPS) is 20.7. The van der Waals surface area contributed by atoms with Gasteiger partial charge in [-0.05, 0) is 29.8 Å². The SMILES string of the molecule is c1ccc2c(c1)OC1Oc3cccc4c3B(c3c(oc5ccccc35)O4)C21. The molecule has 2 unspecified atom stereocenters. The number of furan rings is 1. The van der Waals surface area contributed by atoms with Gasteiger partial charge in [0.15, 0.2) is 0 Å². The molecule has 4 heterocycles. The van der Waals surface area contributed by atoms with E-state index >= 15 is 0 Å². The molecular weight excluding hydrogens is 339 g/mol. The number of fused-ring (bicyclic) bond motifs is 8. The summed E-state index contributed by atoms with van der Waals surface area (Å²) in [7, 11) is 0. The van der Waals surface area contributed by atoms with Gasteiger partial charge in [0, 0.05) is 22.1 Å². The summed E-state index contributed by atoms with van der Waals surface area (Å²) in [5, 5.41) is 1.09. The number of ether oxygens (including phenoxy) is 3. The molecule has 0 radical (unpaired) electrons. The molecule has 128 valence electrons. The molecular formula is C22H13BO4. The van der Waals surface area contributed by atoms with E-state index in [4.69, 9.17) is 18.6 Å². The number of benzene rings is 3. The van der Waals surface area contributed by atoms with Gasteiger partial charge in [-0.15, -0.1) is 0 Å². The molecule has 3 aliphatic heterocycles. The lowest BCUT2D eigenvalue weighted by molar-refractivity contribution is 0.0179. The van der Waals surface area contributed by atoms with Crippen molar-refractivity contribution in [2.45, 2.75) is 12.1 Å². The maximum Gasteiger partial charge on any atom is 0.285 e. The highest BCUT2D eigenvalue weighted by Crippen LogP contribution is 2.47. The number of para-hydroxylation sites is 2. The molecule has 0 amide bonds. The molecule has 27 heavy (non-hydrogen) atoms. The van der Waals surface area contributed by atoms with Crippen molar-refractivity contribution >= 4 is 28.6 Å². The fourth-order valence-electron chi connectivity index (χ4n) is 4.81. The van der Waals surface area contributed by atoms with E-state index in [0.29, 0.717) is 5.95 Å². The van der Waals surface area contributed by atoms with Crippen LogP contribution in [0.4, 0.5) is 0 Å². The van der Waals surface area contributed by atoms with Crippen molar-refractivity contribution in [1.29, 1.82) is 0 Å². The van der Waals surface area contributed by atoms with Crippen molar-refractivity contribution < 1.29 is 18.6 Å². The van der Waals surface area contributed by atoms with Crippen molar-refractivity contribution in [3.63, 3.8) is 0 Å². The maximum absolute atomic E-state index is 6.26. The molecule has 5 heteroatoms. The second-order valence-electron chi connectivity index (χ2n) is 7.21. The Hall–Kier alpha value is -3.34. The lowest BCUT2D eigenvalue weighted by atomic mass is 9.31. The van der Waals surface area contributed by atoms with Gasteiger partial charge in [-0.3, -0.25) is 0 Å². The molecule has 3 aliphatic rings. The minimum atomic E-state index is -0.352. The molecule has 0 aliphatic carbocycles. The van der Waals surface area contributed by atoms with E-state index in [-0.39, 0.29) is 18.8 Å². The largest absolute Gasteiger partial charge is 0.455 e. The third-order valence-electron chi connectivity index (χ3n) is 5.87. The van der Waals surface area contributed by atoms with Crippen LogP contribution in [0.15, 0.2) is 71.1 Å². The molecule has 0 N–H and O–H groups in total. The first-order valence-corrected chi connectivity index (χ1v) is 9.13. The van der Waals surface area contributed by atoms with Gasteiger partial charge in [-0.2, -0.15) is 0 Å². The van der Waals surface area contributed by atoms with E-state index in [2.05, 4.69) is 18.2 Å². The van der Waals surface area contributed by atoms with Gasteiger partial charge in [-0.25, -0.2) is 0 Å². The van der Waals surface area contributed by atoms with E-state index in [1.807, 2.05) is 48.5 Å². The van der Waals surface area contributed by atoms with E-state index < -0.39 is 0 Å². The zero-order valence-corrected chi connectivity index (χ0v) is 14.2. The van der Waals surface area contributed by atoms with Crippen LogP contribution in [0, 0.1) is 0 Å². The van der Waals surface area contributed by atoms with Crippen LogP contribution in [0.25, 0.3) is 11.0 Å². The fraction of sp³-hybridized carbons (Fsp3) is 0.0909. The average Bonchev–Trinajstić information content (AvgIpc) is 3.25. The third-order valence-corrected chi connectivity index (χ3v) is 5.87. The molecule has 0 bridgehead atoms. The van der Waals surface area contributed by atoms with Crippen LogP contribution in [0.1, 0.15) is 11.4 Å². The Kier molecular flexibility index (Phi) is 2.40. The molecule has 4 nitrogen and oxygen atoms in total. The predicted molar refractivity (Wildman–Crippen MR) is 102 cm³/mol. The second-order valence-corrected chi connectivity index (χ2v) is 7.21. The van der Waals surface area contributed by atoms with E-state index in [1.54, 1.807) is 0 Å². The topological polar surface area (TPSA) is 40.8 Å². The van der Waals surface area contributed by atoms with Gasteiger partial charge in [-0.1, -0.05) is 42.5 Å². The molecule has 3 aromatic carbocycles. The van der Waals surface area contributed by atoms with Crippen LogP contribution in [0.5, 0.6) is 23.2 Å². The molecule has 0 spiro atoms. The maximum atomic E-state index is 6.26. The highest BCUT2D eigenvalue weighted by molar-refractivity contribution is 6.90. The van der Waals surface area contributed by atoms with Crippen LogP contribution >= 0.6 is 0 Å². The first kappa shape index (κ1) is 13.8. The summed E-state index contributed by atoms with van der Waals surface area (Å²) >= 11 is 0. The number of hydrogen-bond acceptors (Lipinski definition) is 4. The summed E-state index contributed by atoms with van der Waals surface area (Å²) in [5.41, 5.74) is 4.18. The van der Waals surface area contributed by atoms with Crippen LogP contribution in [0.3, 0.4) is 0 Å². The predicted octanol–water partition coefficient (Wildman–Crippen LogP) is 3.58. The number of hydrogen-bond donors (Lipinski definition) is 0. The molecule has 4 aromatic rings. The van der Waals surface area contributed by atoms with Crippen molar-refractivity contribution in [2.24, 2.45) is 0 Å². The van der Waals surface area contributed by atoms with Crippen molar-refractivity contribution in [3.05, 3.63) is 72.3 Å². The Labute approximate surface area is 155 Å². The molecule has 0 saturated heterocycles. The van der Waals surface area contributed by atoms with Crippen LogP contribution in [0.2, 0.25) is 0 Å². The lowest BCUT2D eigenvalue weighted by Crippen LogP contribution is -2.58. The highest BCUT2D eigenvalue weighted by atomic mass is 16.7. The Balaban J connectivity index is 1.58. The summed E-state index contributed by atoms with van der Waals surface area (Å²) in [6.07, 6.45) is -0.352. The summed E-state index contributed by atoms with van der Waals surface area (Å²) < 4.78 is 24.7. The summed E-state index contributed by atoms with van der Waals surface area (Å²) in [6, 6.07) is 22.2. The molecule has 0 saturated carbocycles. The van der Waals surface area contributed by atoms with Gasteiger partial charge in [0.1, 0.15) is 22.8 Å². The van der Waals surface area contributed by atoms with Crippen LogP contribution in [-0.4, -0.2) is 13.0 Å². The fourth-order valence-corrected chi connectivity index (χ4v) is 4.81. The highest BCUT2D eigenvalue weighted by Gasteiger charge is 2.54. The first-order chi connectivity index (χ1) is 13.4. The van der Waals surface area contributed by atoms with E-state index in [1.165, 1.54) is 5.56 Å². The minimum absolute atomic E-state index is 0.0542.